The van der Waals surface area contributed by atoms with Crippen molar-refractivity contribution in [1.82, 2.24) is 13.7 Å². The van der Waals surface area contributed by atoms with Crippen LogP contribution in [0.15, 0.2) is 52.3 Å². The number of benzene rings is 1. The van der Waals surface area contributed by atoms with Crippen LogP contribution in [0.25, 0.3) is 5.65 Å². The van der Waals surface area contributed by atoms with Crippen LogP contribution in [0.5, 0.6) is 0 Å². The molecule has 0 fully saturated rings. The Bertz CT molecular complexity index is 1210. The van der Waals surface area contributed by atoms with Crippen molar-refractivity contribution < 1.29 is 8.42 Å². The molecule has 0 spiro atoms. The summed E-state index contributed by atoms with van der Waals surface area (Å²) in [5, 5.41) is 6.83. The predicted molar refractivity (Wildman–Crippen MR) is 115 cm³/mol. The first-order valence-electron chi connectivity index (χ1n) is 8.94. The highest BCUT2D eigenvalue weighted by Gasteiger charge is 2.18. The number of hydrogen-bond acceptors (Lipinski definition) is 6. The maximum atomic E-state index is 12.5. The Morgan fingerprint density at radius 1 is 1.10 bits per heavy atom. The van der Waals surface area contributed by atoms with Crippen molar-refractivity contribution in [3.8, 4) is 0 Å². The van der Waals surface area contributed by atoms with E-state index >= 15 is 0 Å². The number of anilines is 2. The van der Waals surface area contributed by atoms with Gasteiger partial charge in [0, 0.05) is 32.9 Å². The van der Waals surface area contributed by atoms with Crippen LogP contribution in [-0.4, -0.2) is 42.7 Å². The largest absolute Gasteiger partial charge is 0.384 e. The lowest BCUT2D eigenvalue weighted by molar-refractivity contribution is 0.521. The fraction of sp³-hybridized carbons (Fsp3) is 0.263. The van der Waals surface area contributed by atoms with Crippen molar-refractivity contribution >= 4 is 38.6 Å². The fourth-order valence-corrected chi connectivity index (χ4v) is 3.88. The van der Waals surface area contributed by atoms with E-state index in [0.717, 1.165) is 9.99 Å². The second-order valence-corrected chi connectivity index (χ2v) is 9.13. The number of rotatable bonds is 7. The number of fused-ring (bicyclic) bond motifs is 1. The molecule has 0 saturated heterocycles. The van der Waals surface area contributed by atoms with Gasteiger partial charge in [-0.2, -0.15) is 0 Å². The average molecular weight is 436 g/mol. The van der Waals surface area contributed by atoms with E-state index in [2.05, 4.69) is 15.6 Å². The summed E-state index contributed by atoms with van der Waals surface area (Å²) in [5.74, 6) is 0. The summed E-state index contributed by atoms with van der Waals surface area (Å²) in [5.41, 5.74) is 2.13. The molecule has 8 nitrogen and oxygen atoms in total. The monoisotopic (exact) mass is 435 g/mol. The summed E-state index contributed by atoms with van der Waals surface area (Å²) in [6.45, 7) is 2.87. The zero-order valence-electron chi connectivity index (χ0n) is 16.3. The molecular weight excluding hydrogens is 414 g/mol. The SMILES string of the molecule is CCNc1ccc(S(=O)(=O)N(C)C)cc1NCc1cc(=O)n2cc(Cl)ccc2n1. The van der Waals surface area contributed by atoms with E-state index in [1.54, 1.807) is 30.3 Å². The van der Waals surface area contributed by atoms with Crippen LogP contribution < -0.4 is 16.2 Å². The molecule has 2 heterocycles. The Hall–Kier alpha value is -2.62. The zero-order chi connectivity index (χ0) is 21.2. The molecule has 3 aromatic rings. The molecule has 0 aliphatic heterocycles. The van der Waals surface area contributed by atoms with Gasteiger partial charge >= 0.3 is 0 Å². The van der Waals surface area contributed by atoms with Gasteiger partial charge in [-0.25, -0.2) is 17.7 Å². The predicted octanol–water partition coefficient (Wildman–Crippen LogP) is 2.64. The van der Waals surface area contributed by atoms with Gasteiger partial charge in [-0.05, 0) is 37.3 Å². The van der Waals surface area contributed by atoms with Crippen LogP contribution >= 0.6 is 11.6 Å². The minimum atomic E-state index is -3.57. The first-order valence-corrected chi connectivity index (χ1v) is 10.8. The summed E-state index contributed by atoms with van der Waals surface area (Å²) in [4.78, 5) is 17.0. The van der Waals surface area contributed by atoms with Gasteiger partial charge in [0.2, 0.25) is 10.0 Å². The van der Waals surface area contributed by atoms with E-state index < -0.39 is 10.0 Å². The molecule has 2 N–H and O–H groups in total. The number of sulfonamides is 1. The highest BCUT2D eigenvalue weighted by molar-refractivity contribution is 7.89. The molecule has 154 valence electrons. The third kappa shape index (κ3) is 4.52. The number of aromatic nitrogens is 2. The number of halogens is 1. The molecule has 1 aromatic carbocycles. The fourth-order valence-electron chi connectivity index (χ4n) is 2.79. The summed E-state index contributed by atoms with van der Waals surface area (Å²) in [6, 6.07) is 9.60. The Morgan fingerprint density at radius 2 is 1.86 bits per heavy atom. The lowest BCUT2D eigenvalue weighted by Crippen LogP contribution is -2.22. The van der Waals surface area contributed by atoms with Crippen LogP contribution in [0.3, 0.4) is 0 Å². The lowest BCUT2D eigenvalue weighted by Gasteiger charge is -2.17. The average Bonchev–Trinajstić information content (AvgIpc) is 2.67. The van der Waals surface area contributed by atoms with Crippen LogP contribution in [0.4, 0.5) is 11.4 Å². The molecule has 0 saturated carbocycles. The molecule has 0 atom stereocenters. The molecule has 10 heteroatoms. The maximum absolute atomic E-state index is 12.5. The zero-order valence-corrected chi connectivity index (χ0v) is 17.9. The van der Waals surface area contributed by atoms with Gasteiger partial charge in [0.25, 0.3) is 5.56 Å². The highest BCUT2D eigenvalue weighted by atomic mass is 35.5. The summed E-state index contributed by atoms with van der Waals surface area (Å²) >= 11 is 5.93. The normalized spacial score (nSPS) is 11.8. The van der Waals surface area contributed by atoms with Crippen molar-refractivity contribution in [3.05, 3.63) is 63.7 Å². The van der Waals surface area contributed by atoms with Crippen LogP contribution in [-0.2, 0) is 16.6 Å². The molecule has 0 radical (unpaired) electrons. The molecular formula is C19H22ClN5O3S. The first-order chi connectivity index (χ1) is 13.7. The first kappa shape index (κ1) is 21.1. The third-order valence-corrected chi connectivity index (χ3v) is 6.31. The second kappa shape index (κ2) is 8.40. The smallest absolute Gasteiger partial charge is 0.258 e. The minimum Gasteiger partial charge on any atom is -0.384 e. The van der Waals surface area contributed by atoms with E-state index in [1.807, 2.05) is 6.92 Å². The Balaban J connectivity index is 1.94. The van der Waals surface area contributed by atoms with Gasteiger partial charge in [-0.15, -0.1) is 0 Å². The summed E-state index contributed by atoms with van der Waals surface area (Å²) < 4.78 is 27.5. The molecule has 0 amide bonds. The molecule has 0 aliphatic rings. The van der Waals surface area contributed by atoms with Crippen molar-refractivity contribution in [2.24, 2.45) is 0 Å². The summed E-state index contributed by atoms with van der Waals surface area (Å²) in [7, 11) is -0.599. The van der Waals surface area contributed by atoms with E-state index in [-0.39, 0.29) is 17.0 Å². The van der Waals surface area contributed by atoms with Crippen molar-refractivity contribution in [1.29, 1.82) is 0 Å². The highest BCUT2D eigenvalue weighted by Crippen LogP contribution is 2.27. The molecule has 0 aliphatic carbocycles. The topological polar surface area (TPSA) is 95.8 Å². The molecule has 3 rings (SSSR count). The van der Waals surface area contributed by atoms with E-state index in [0.29, 0.717) is 28.6 Å². The number of nitrogens with zero attached hydrogens (tertiary/aromatic N) is 3. The Kier molecular flexibility index (Phi) is 6.11. The lowest BCUT2D eigenvalue weighted by atomic mass is 10.2. The van der Waals surface area contributed by atoms with Gasteiger partial charge in [0.1, 0.15) is 5.65 Å². The van der Waals surface area contributed by atoms with Crippen LogP contribution in [0.2, 0.25) is 5.02 Å². The van der Waals surface area contributed by atoms with Gasteiger partial charge < -0.3 is 10.6 Å². The van der Waals surface area contributed by atoms with Crippen molar-refractivity contribution in [2.75, 3.05) is 31.3 Å². The quantitative estimate of drug-likeness (QED) is 0.592. The van der Waals surface area contributed by atoms with E-state index in [4.69, 9.17) is 11.6 Å². The van der Waals surface area contributed by atoms with Gasteiger partial charge in [-0.3, -0.25) is 9.20 Å². The minimum absolute atomic E-state index is 0.174. The second-order valence-electron chi connectivity index (χ2n) is 6.54. The van der Waals surface area contributed by atoms with E-state index in [9.17, 15) is 13.2 Å². The number of pyridine rings is 1. The molecule has 2 aromatic heterocycles. The van der Waals surface area contributed by atoms with Crippen LogP contribution in [0.1, 0.15) is 12.6 Å². The maximum Gasteiger partial charge on any atom is 0.258 e. The van der Waals surface area contributed by atoms with Gasteiger partial charge in [0.15, 0.2) is 0 Å². The van der Waals surface area contributed by atoms with Crippen molar-refractivity contribution in [2.45, 2.75) is 18.4 Å². The molecule has 0 bridgehead atoms. The number of hydrogen-bond donors (Lipinski definition) is 2. The summed E-state index contributed by atoms with van der Waals surface area (Å²) in [6.07, 6.45) is 1.52. The Morgan fingerprint density at radius 3 is 2.55 bits per heavy atom. The Labute approximate surface area is 174 Å². The van der Waals surface area contributed by atoms with Gasteiger partial charge in [0.05, 0.1) is 33.5 Å². The van der Waals surface area contributed by atoms with Crippen LogP contribution in [0, 0.1) is 0 Å². The third-order valence-electron chi connectivity index (χ3n) is 4.27. The number of nitrogens with one attached hydrogen (secondary N) is 2. The molecule has 0 unspecified atom stereocenters. The standard InChI is InChI=1S/C19H22ClN5O3S/c1-4-21-16-7-6-15(29(27,28)24(2)3)10-17(16)22-11-14-9-19(26)25-12-13(20)5-8-18(25)23-14/h5-10,12,21-22H,4,11H2,1-3H3. The van der Waals surface area contributed by atoms with E-state index in [1.165, 1.54) is 30.8 Å². The van der Waals surface area contributed by atoms with Gasteiger partial charge in [-0.1, -0.05) is 11.6 Å². The van der Waals surface area contributed by atoms with Crippen molar-refractivity contribution in [3.63, 3.8) is 0 Å². The molecule has 29 heavy (non-hydrogen) atoms.